The highest BCUT2D eigenvalue weighted by Crippen LogP contribution is 2.68. The number of thioether (sulfide) groups is 1. The Morgan fingerprint density at radius 3 is 2.49 bits per heavy atom. The van der Waals surface area contributed by atoms with E-state index in [2.05, 4.69) is 63.7 Å². The molecule has 0 aromatic rings. The van der Waals surface area contributed by atoms with E-state index in [4.69, 9.17) is 4.74 Å². The molecule has 1 spiro atoms. The van der Waals surface area contributed by atoms with E-state index in [0.717, 1.165) is 6.42 Å². The van der Waals surface area contributed by atoms with Crippen LogP contribution in [0.2, 0.25) is 0 Å². The third-order valence-electron chi connectivity index (χ3n) is 7.72. The van der Waals surface area contributed by atoms with Gasteiger partial charge in [0.1, 0.15) is 12.6 Å². The van der Waals surface area contributed by atoms with Gasteiger partial charge in [-0.2, -0.15) is 0 Å². The van der Waals surface area contributed by atoms with Crippen molar-refractivity contribution >= 4 is 45.5 Å². The minimum atomic E-state index is -0.721. The molecule has 3 aliphatic rings. The van der Waals surface area contributed by atoms with Gasteiger partial charge in [-0.3, -0.25) is 14.4 Å². The highest BCUT2D eigenvalue weighted by atomic mass is 79.9. The summed E-state index contributed by atoms with van der Waals surface area (Å²) in [4.78, 5) is 45.4. The molecule has 0 aliphatic carbocycles. The lowest BCUT2D eigenvalue weighted by Gasteiger charge is -2.46. The number of ether oxygens (including phenoxy) is 1. The van der Waals surface area contributed by atoms with Crippen molar-refractivity contribution in [3.05, 3.63) is 25.3 Å². The molecule has 3 saturated heterocycles. The number of carbonyl (C=O) groups excluding carboxylic acids is 3. The number of alkyl halides is 1. The Labute approximate surface area is 234 Å². The molecule has 0 radical (unpaired) electrons. The topological polar surface area (TPSA) is 87.1 Å². The summed E-state index contributed by atoms with van der Waals surface area (Å²) in [6, 6.07) is -0.699. The van der Waals surface area contributed by atoms with Crippen molar-refractivity contribution in [2.24, 2.45) is 17.3 Å². The molecular weight excluding hydrogens is 556 g/mol. The summed E-state index contributed by atoms with van der Waals surface area (Å²) in [6.07, 6.45) is 5.78. The molecule has 3 fully saturated rings. The van der Waals surface area contributed by atoms with E-state index in [9.17, 15) is 19.5 Å². The summed E-state index contributed by atoms with van der Waals surface area (Å²) in [7, 11) is 0. The maximum atomic E-state index is 14.6. The van der Waals surface area contributed by atoms with Crippen molar-refractivity contribution in [2.75, 3.05) is 26.3 Å². The minimum Gasteiger partial charge on any atom is -0.461 e. The number of halogens is 1. The maximum absolute atomic E-state index is 14.6. The first-order valence-electron chi connectivity index (χ1n) is 13.2. The summed E-state index contributed by atoms with van der Waals surface area (Å²) in [5, 5.41) is 9.24. The average molecular weight is 600 g/mol. The van der Waals surface area contributed by atoms with Gasteiger partial charge in [-0.15, -0.1) is 18.3 Å². The van der Waals surface area contributed by atoms with Crippen LogP contribution in [-0.4, -0.2) is 85.4 Å². The monoisotopic (exact) mass is 598 g/mol. The van der Waals surface area contributed by atoms with Crippen LogP contribution in [0.4, 0.5) is 0 Å². The number of carbonyl (C=O) groups is 3. The summed E-state index contributed by atoms with van der Waals surface area (Å²) >= 11 is 5.39. The molecule has 3 rings (SSSR count). The van der Waals surface area contributed by atoms with E-state index in [1.165, 1.54) is 6.08 Å². The van der Waals surface area contributed by atoms with Gasteiger partial charge in [0.25, 0.3) is 0 Å². The Bertz CT molecular complexity index is 919. The van der Waals surface area contributed by atoms with Gasteiger partial charge in [0, 0.05) is 35.3 Å². The fraction of sp³-hybridized carbons (Fsp3) is 0.750. The number of aliphatic hydroxyl groups is 1. The van der Waals surface area contributed by atoms with Crippen LogP contribution in [-0.2, 0) is 19.1 Å². The van der Waals surface area contributed by atoms with Crippen LogP contribution in [0.25, 0.3) is 0 Å². The van der Waals surface area contributed by atoms with Crippen LogP contribution in [0, 0.1) is 17.3 Å². The van der Waals surface area contributed by atoms with Crippen LogP contribution >= 0.6 is 27.7 Å². The number of amides is 2. The summed E-state index contributed by atoms with van der Waals surface area (Å²) in [5.74, 6) is -1.89. The molecule has 0 aromatic heterocycles. The molecule has 3 aliphatic heterocycles. The minimum absolute atomic E-state index is 0.00837. The van der Waals surface area contributed by atoms with Crippen LogP contribution in [0.3, 0.4) is 0 Å². The second-order valence-electron chi connectivity index (χ2n) is 12.3. The van der Waals surface area contributed by atoms with Crippen molar-refractivity contribution in [3.63, 3.8) is 0 Å². The molecule has 2 amide bonds. The van der Waals surface area contributed by atoms with E-state index in [1.54, 1.807) is 22.7 Å². The average Bonchev–Trinajstić information content (AvgIpc) is 3.37. The largest absolute Gasteiger partial charge is 0.461 e. The van der Waals surface area contributed by atoms with Crippen LogP contribution in [0.5, 0.6) is 0 Å². The number of likely N-dealkylation sites (tertiary alicyclic amines) is 1. The Kier molecular flexibility index (Phi) is 9.33. The quantitative estimate of drug-likeness (QED) is 0.157. The lowest BCUT2D eigenvalue weighted by Crippen LogP contribution is -2.60. The normalized spacial score (nSPS) is 30.8. The van der Waals surface area contributed by atoms with Crippen molar-refractivity contribution in [3.8, 4) is 0 Å². The highest BCUT2D eigenvalue weighted by Gasteiger charge is 2.76. The van der Waals surface area contributed by atoms with E-state index in [-0.39, 0.29) is 40.5 Å². The van der Waals surface area contributed by atoms with Crippen LogP contribution in [0.1, 0.15) is 60.3 Å². The molecule has 2 bridgehead atoms. The molecule has 0 aromatic carbocycles. The number of fused-ring (bicyclic) bond motifs is 1. The number of aliphatic hydroxyl groups excluding tert-OH is 1. The molecule has 3 unspecified atom stereocenters. The highest BCUT2D eigenvalue weighted by molar-refractivity contribution is 9.09. The van der Waals surface area contributed by atoms with Crippen molar-refractivity contribution in [2.45, 2.75) is 86.7 Å². The first-order chi connectivity index (χ1) is 17.3. The molecule has 208 valence electrons. The van der Waals surface area contributed by atoms with Gasteiger partial charge in [-0.1, -0.05) is 55.4 Å². The first-order valence-corrected chi connectivity index (χ1v) is 15.0. The first kappa shape index (κ1) is 30.2. The van der Waals surface area contributed by atoms with Gasteiger partial charge in [-0.05, 0) is 44.9 Å². The van der Waals surface area contributed by atoms with Gasteiger partial charge >= 0.3 is 5.97 Å². The standard InChI is InChI=1S/C28H43BrN2O5S/c1-8-12-31(27(6,7)17-26(3,4)5)24(34)22-28-16-18(29)21(37-28)19(25(35)36-15-9-2)20(28)23(33)30(22)13-10-11-14-32/h8-9,18-22,32H,1-2,10-17H2,3-7H3/t18?,19-,20-,21-,22?,28?/m0/s1. The summed E-state index contributed by atoms with van der Waals surface area (Å²) < 4.78 is 4.73. The van der Waals surface area contributed by atoms with E-state index in [0.29, 0.717) is 32.4 Å². The SMILES string of the molecule is C=CCOC(=O)[C@H]1[C@H]2C(=O)N(CCCCO)C(C(=O)N(CC=C)C(C)(C)CC(C)(C)C)C23CC(Br)[C@@H]1S3. The number of esters is 1. The number of unbranched alkanes of at least 4 members (excludes halogenated alkanes) is 1. The van der Waals surface area contributed by atoms with Crippen LogP contribution in [0.15, 0.2) is 25.3 Å². The molecule has 6 atom stereocenters. The Morgan fingerprint density at radius 2 is 1.92 bits per heavy atom. The van der Waals surface area contributed by atoms with E-state index < -0.39 is 34.1 Å². The second-order valence-corrected chi connectivity index (χ2v) is 15.0. The fourth-order valence-corrected chi connectivity index (χ4v) is 10.5. The lowest BCUT2D eigenvalue weighted by molar-refractivity contribution is -0.153. The van der Waals surface area contributed by atoms with E-state index >= 15 is 0 Å². The lowest BCUT2D eigenvalue weighted by atomic mass is 9.70. The van der Waals surface area contributed by atoms with Gasteiger partial charge < -0.3 is 19.6 Å². The molecule has 37 heavy (non-hydrogen) atoms. The number of rotatable bonds is 12. The third kappa shape index (κ3) is 5.69. The third-order valence-corrected chi connectivity index (χ3v) is 10.9. The molecule has 9 heteroatoms. The number of hydrogen-bond donors (Lipinski definition) is 1. The summed E-state index contributed by atoms with van der Waals surface area (Å²) in [5.41, 5.74) is -0.493. The zero-order valence-corrected chi connectivity index (χ0v) is 25.3. The zero-order chi connectivity index (χ0) is 27.8. The predicted molar refractivity (Wildman–Crippen MR) is 151 cm³/mol. The number of nitrogens with zero attached hydrogens (tertiary/aromatic N) is 2. The fourth-order valence-electron chi connectivity index (χ4n) is 6.86. The Morgan fingerprint density at radius 1 is 1.24 bits per heavy atom. The van der Waals surface area contributed by atoms with Gasteiger partial charge in [0.15, 0.2) is 0 Å². The predicted octanol–water partition coefficient (Wildman–Crippen LogP) is 4.18. The van der Waals surface area contributed by atoms with Crippen molar-refractivity contribution < 1.29 is 24.2 Å². The van der Waals surface area contributed by atoms with Crippen molar-refractivity contribution in [1.29, 1.82) is 0 Å². The molecule has 7 nitrogen and oxygen atoms in total. The van der Waals surface area contributed by atoms with E-state index in [1.807, 2.05) is 4.90 Å². The molecule has 1 N–H and O–H groups in total. The molecule has 0 saturated carbocycles. The Balaban J connectivity index is 2.07. The van der Waals surface area contributed by atoms with Gasteiger partial charge in [-0.25, -0.2) is 0 Å². The maximum Gasteiger partial charge on any atom is 0.311 e. The molecular formula is C28H43BrN2O5S. The second kappa shape index (κ2) is 11.4. The van der Waals surface area contributed by atoms with Gasteiger partial charge in [0.2, 0.25) is 11.8 Å². The number of hydrogen-bond acceptors (Lipinski definition) is 6. The summed E-state index contributed by atoms with van der Waals surface area (Å²) in [6.45, 7) is 19.0. The van der Waals surface area contributed by atoms with Gasteiger partial charge in [0.05, 0.1) is 16.6 Å². The molecule has 3 heterocycles. The Hall–Kier alpha value is -1.32. The van der Waals surface area contributed by atoms with Crippen molar-refractivity contribution in [1.82, 2.24) is 9.80 Å². The zero-order valence-electron chi connectivity index (χ0n) is 22.9. The van der Waals surface area contributed by atoms with Crippen LogP contribution < -0.4 is 0 Å². The smallest absolute Gasteiger partial charge is 0.311 e.